The van der Waals surface area contributed by atoms with E-state index in [4.69, 9.17) is 3.79 Å². The average molecular weight is 252 g/mol. The lowest BCUT2D eigenvalue weighted by atomic mass is 10.1. The Morgan fingerprint density at radius 2 is 1.39 bits per heavy atom. The molecule has 0 radical (unpaired) electrons. The summed E-state index contributed by atoms with van der Waals surface area (Å²) in [5, 5.41) is 0. The highest BCUT2D eigenvalue weighted by molar-refractivity contribution is 6.10. The summed E-state index contributed by atoms with van der Waals surface area (Å²) in [6.07, 6.45) is 1.55. The number of allylic oxidation sites excluding steroid dienone is 1. The molecule has 0 aliphatic rings. The molecular formula is C15H13AlO2. The van der Waals surface area contributed by atoms with Crippen LogP contribution < -0.4 is 0 Å². The van der Waals surface area contributed by atoms with Gasteiger partial charge in [0.2, 0.25) is 0 Å². The van der Waals surface area contributed by atoms with Crippen LogP contribution in [0.2, 0.25) is 0 Å². The van der Waals surface area contributed by atoms with Crippen molar-refractivity contribution in [1.29, 1.82) is 0 Å². The number of carbonyl (C=O) groups is 1. The van der Waals surface area contributed by atoms with Crippen molar-refractivity contribution in [2.45, 2.75) is 0 Å². The lowest BCUT2D eigenvalue weighted by Crippen LogP contribution is -1.97. The predicted molar refractivity (Wildman–Crippen MR) is 74.8 cm³/mol. The number of ketones is 1. The maximum absolute atomic E-state index is 12.0. The van der Waals surface area contributed by atoms with E-state index in [0.717, 1.165) is 5.56 Å². The number of hydrogen-bond acceptors (Lipinski definition) is 2. The fourth-order valence-electron chi connectivity index (χ4n) is 1.67. The molecule has 0 amide bonds. The van der Waals surface area contributed by atoms with Gasteiger partial charge in [-0.15, -0.1) is 0 Å². The van der Waals surface area contributed by atoms with Crippen LogP contribution in [0.4, 0.5) is 0 Å². The van der Waals surface area contributed by atoms with Gasteiger partial charge in [-0.05, 0) is 0 Å². The third-order valence-electron chi connectivity index (χ3n) is 2.60. The van der Waals surface area contributed by atoms with Crippen molar-refractivity contribution < 1.29 is 8.58 Å². The Kier molecular flexibility index (Phi) is 4.36. The SMILES string of the molecule is O=C(/C=C(\[O][AlH2])c1ccccc1)c1ccccc1. The maximum atomic E-state index is 12.0. The molecule has 0 N–H and O–H groups in total. The highest BCUT2D eigenvalue weighted by Gasteiger charge is 2.05. The molecule has 2 nitrogen and oxygen atoms in total. The molecule has 0 atom stereocenters. The summed E-state index contributed by atoms with van der Waals surface area (Å²) >= 11 is 0.554. The van der Waals surface area contributed by atoms with Crippen molar-refractivity contribution in [3.05, 3.63) is 77.9 Å². The summed E-state index contributed by atoms with van der Waals surface area (Å²) in [7, 11) is 0. The molecule has 0 unspecified atom stereocenters. The molecule has 2 aromatic rings. The smallest absolute Gasteiger partial charge is 0.496 e. The maximum Gasteiger partial charge on any atom is 0.496 e. The molecule has 2 aromatic carbocycles. The van der Waals surface area contributed by atoms with E-state index in [1.54, 1.807) is 18.2 Å². The topological polar surface area (TPSA) is 26.3 Å². The zero-order valence-electron chi connectivity index (χ0n) is 10.2. The van der Waals surface area contributed by atoms with Crippen LogP contribution in [0.3, 0.4) is 0 Å². The van der Waals surface area contributed by atoms with E-state index in [-0.39, 0.29) is 5.78 Å². The lowest BCUT2D eigenvalue weighted by molar-refractivity contribution is 0.104. The Bertz CT molecular complexity index is 547. The van der Waals surface area contributed by atoms with Gasteiger partial charge in [0, 0.05) is 17.2 Å². The van der Waals surface area contributed by atoms with E-state index in [1.807, 2.05) is 48.5 Å². The molecule has 0 aliphatic heterocycles. The molecule has 0 aromatic heterocycles. The highest BCUT2D eigenvalue weighted by Crippen LogP contribution is 2.15. The van der Waals surface area contributed by atoms with Crippen LogP contribution in [0, 0.1) is 0 Å². The van der Waals surface area contributed by atoms with Gasteiger partial charge in [0.05, 0.1) is 5.76 Å². The van der Waals surface area contributed by atoms with E-state index in [0.29, 0.717) is 27.9 Å². The van der Waals surface area contributed by atoms with Crippen LogP contribution in [0.25, 0.3) is 5.76 Å². The second kappa shape index (κ2) is 6.21. The van der Waals surface area contributed by atoms with Crippen molar-refractivity contribution >= 4 is 28.2 Å². The molecular weight excluding hydrogens is 239 g/mol. The number of rotatable bonds is 4. The lowest BCUT2D eigenvalue weighted by Gasteiger charge is -2.08. The first-order valence-corrected chi connectivity index (χ1v) is 6.53. The first-order valence-electron chi connectivity index (χ1n) is 5.72. The van der Waals surface area contributed by atoms with Crippen LogP contribution >= 0.6 is 0 Å². The van der Waals surface area contributed by atoms with Gasteiger partial charge in [-0.2, -0.15) is 0 Å². The highest BCUT2D eigenvalue weighted by atomic mass is 27.1. The van der Waals surface area contributed by atoms with Crippen molar-refractivity contribution in [3.63, 3.8) is 0 Å². The van der Waals surface area contributed by atoms with Gasteiger partial charge in [-0.25, -0.2) is 0 Å². The van der Waals surface area contributed by atoms with Crippen LogP contribution in [0.15, 0.2) is 66.7 Å². The van der Waals surface area contributed by atoms with Gasteiger partial charge in [0.1, 0.15) is 0 Å². The second-order valence-electron chi connectivity index (χ2n) is 3.81. The third kappa shape index (κ3) is 3.10. The Morgan fingerprint density at radius 1 is 0.889 bits per heavy atom. The van der Waals surface area contributed by atoms with Gasteiger partial charge in [0.15, 0.2) is 5.78 Å². The molecule has 0 saturated heterocycles. The molecule has 0 heterocycles. The summed E-state index contributed by atoms with van der Waals surface area (Å²) < 4.78 is 5.41. The van der Waals surface area contributed by atoms with E-state index in [1.165, 1.54) is 0 Å². The van der Waals surface area contributed by atoms with Gasteiger partial charge >= 0.3 is 16.6 Å². The summed E-state index contributed by atoms with van der Waals surface area (Å²) in [5.41, 5.74) is 1.60. The van der Waals surface area contributed by atoms with Crippen molar-refractivity contribution in [2.75, 3.05) is 0 Å². The minimum Gasteiger partial charge on any atom is -0.647 e. The van der Waals surface area contributed by atoms with E-state index >= 15 is 0 Å². The fraction of sp³-hybridized carbons (Fsp3) is 0. The van der Waals surface area contributed by atoms with Gasteiger partial charge in [-0.3, -0.25) is 4.79 Å². The predicted octanol–water partition coefficient (Wildman–Crippen LogP) is 2.48. The van der Waals surface area contributed by atoms with E-state index in [2.05, 4.69) is 0 Å². The standard InChI is InChI=1S/C15H12O2.Al.2H/c16-14(12-7-3-1-4-8-12)11-15(17)13-9-5-2-6-10-13;;;/h1-11,16H;;;/q;+1;;/p-1/b14-11-;;;. The van der Waals surface area contributed by atoms with Crippen molar-refractivity contribution in [2.24, 2.45) is 0 Å². The van der Waals surface area contributed by atoms with E-state index < -0.39 is 0 Å². The Morgan fingerprint density at radius 3 is 1.89 bits per heavy atom. The zero-order chi connectivity index (χ0) is 12.8. The number of benzene rings is 2. The van der Waals surface area contributed by atoms with Crippen molar-refractivity contribution in [3.8, 4) is 0 Å². The summed E-state index contributed by atoms with van der Waals surface area (Å²) in [4.78, 5) is 12.0. The normalized spacial score (nSPS) is 11.0. The van der Waals surface area contributed by atoms with Crippen LogP contribution in [-0.2, 0) is 3.79 Å². The van der Waals surface area contributed by atoms with Crippen LogP contribution in [0.5, 0.6) is 0 Å². The molecule has 0 fully saturated rings. The summed E-state index contributed by atoms with van der Waals surface area (Å²) in [6, 6.07) is 18.9. The van der Waals surface area contributed by atoms with Gasteiger partial charge in [-0.1, -0.05) is 60.7 Å². The average Bonchev–Trinajstić information content (AvgIpc) is 2.46. The summed E-state index contributed by atoms with van der Waals surface area (Å²) in [6.45, 7) is 0. The minimum absolute atomic E-state index is 0.0368. The minimum atomic E-state index is -0.0368. The quantitative estimate of drug-likeness (QED) is 0.361. The first kappa shape index (κ1) is 12.6. The Labute approximate surface area is 115 Å². The zero-order valence-corrected chi connectivity index (χ0v) is 12.2. The van der Waals surface area contributed by atoms with Crippen molar-refractivity contribution in [1.82, 2.24) is 0 Å². The van der Waals surface area contributed by atoms with Gasteiger partial charge < -0.3 is 3.79 Å². The monoisotopic (exact) mass is 252 g/mol. The molecule has 3 heteroatoms. The van der Waals surface area contributed by atoms with Crippen LogP contribution in [-0.4, -0.2) is 22.4 Å². The largest absolute Gasteiger partial charge is 0.647 e. The van der Waals surface area contributed by atoms with Crippen LogP contribution in [0.1, 0.15) is 15.9 Å². The number of carbonyl (C=O) groups excluding carboxylic acids is 1. The summed E-state index contributed by atoms with van der Waals surface area (Å²) in [5.74, 6) is 0.599. The third-order valence-corrected chi connectivity index (χ3v) is 3.04. The number of hydrogen-bond donors (Lipinski definition) is 0. The molecule has 2 rings (SSSR count). The molecule has 0 aliphatic carbocycles. The Hall–Kier alpha value is -1.82. The first-order chi connectivity index (χ1) is 8.81. The van der Waals surface area contributed by atoms with Gasteiger partial charge in [0.25, 0.3) is 0 Å². The molecule has 0 saturated carbocycles. The molecule has 0 spiro atoms. The second-order valence-corrected chi connectivity index (χ2v) is 4.22. The Balaban J connectivity index is 2.29. The molecule has 0 bridgehead atoms. The van der Waals surface area contributed by atoms with E-state index in [9.17, 15) is 4.79 Å². The molecule has 18 heavy (non-hydrogen) atoms. The fourth-order valence-corrected chi connectivity index (χ4v) is 2.02. The molecule has 88 valence electrons.